The second-order valence-corrected chi connectivity index (χ2v) is 5.90. The van der Waals surface area contributed by atoms with Crippen LogP contribution in [0.2, 0.25) is 0 Å². The molecule has 1 fully saturated rings. The van der Waals surface area contributed by atoms with Gasteiger partial charge in [-0.3, -0.25) is 14.6 Å². The molecule has 1 aliphatic carbocycles. The first-order chi connectivity index (χ1) is 10.5. The molecule has 0 spiro atoms. The van der Waals surface area contributed by atoms with Crippen LogP contribution < -0.4 is 5.32 Å². The largest absolute Gasteiger partial charge is 0.354 e. The lowest BCUT2D eigenvalue weighted by molar-refractivity contribution is -0.121. The number of aromatic nitrogens is 2. The van der Waals surface area contributed by atoms with Gasteiger partial charge in [0.25, 0.3) is 5.91 Å². The first-order valence-electron chi connectivity index (χ1n) is 7.90. The summed E-state index contributed by atoms with van der Waals surface area (Å²) in [5, 5.41) is 2.93. The van der Waals surface area contributed by atoms with Gasteiger partial charge in [-0.25, -0.2) is 4.98 Å². The van der Waals surface area contributed by atoms with E-state index >= 15 is 0 Å². The fourth-order valence-electron chi connectivity index (χ4n) is 2.16. The summed E-state index contributed by atoms with van der Waals surface area (Å²) in [5.41, 5.74) is 1.13. The average molecular weight is 304 g/mol. The van der Waals surface area contributed by atoms with Gasteiger partial charge in [0.2, 0.25) is 5.91 Å². The molecular formula is C16H24N4O2. The number of carbonyl (C=O) groups excluding carboxylic acids is 2. The molecule has 0 aliphatic heterocycles. The normalized spacial score (nSPS) is 15.2. The summed E-state index contributed by atoms with van der Waals surface area (Å²) in [7, 11) is 0. The maximum absolute atomic E-state index is 12.5. The van der Waals surface area contributed by atoms with E-state index in [0.717, 1.165) is 25.0 Å². The molecule has 1 saturated carbocycles. The minimum Gasteiger partial charge on any atom is -0.354 e. The van der Waals surface area contributed by atoms with Crippen LogP contribution in [0.15, 0.2) is 12.4 Å². The van der Waals surface area contributed by atoms with Crippen LogP contribution >= 0.6 is 0 Å². The second kappa shape index (κ2) is 7.33. The smallest absolute Gasteiger partial charge is 0.274 e. The fraction of sp³-hybridized carbons (Fsp3) is 0.625. The minimum absolute atomic E-state index is 0.0113. The lowest BCUT2D eigenvalue weighted by Crippen LogP contribution is -2.39. The van der Waals surface area contributed by atoms with Crippen LogP contribution in [0.5, 0.6) is 0 Å². The maximum Gasteiger partial charge on any atom is 0.274 e. The van der Waals surface area contributed by atoms with Crippen LogP contribution in [0.1, 0.15) is 55.7 Å². The number of rotatable bonds is 7. The lowest BCUT2D eigenvalue weighted by Gasteiger charge is -2.22. The van der Waals surface area contributed by atoms with E-state index in [9.17, 15) is 9.59 Å². The lowest BCUT2D eigenvalue weighted by atomic mass is 10.2. The number of hydrogen-bond donors (Lipinski definition) is 1. The Kier molecular flexibility index (Phi) is 5.46. The molecule has 1 aliphatic rings. The van der Waals surface area contributed by atoms with Gasteiger partial charge < -0.3 is 10.2 Å². The zero-order valence-electron chi connectivity index (χ0n) is 13.5. The van der Waals surface area contributed by atoms with Crippen LogP contribution in [-0.2, 0) is 4.79 Å². The van der Waals surface area contributed by atoms with Gasteiger partial charge in [-0.1, -0.05) is 6.92 Å². The topological polar surface area (TPSA) is 75.2 Å². The average Bonchev–Trinajstić information content (AvgIpc) is 3.32. The zero-order valence-corrected chi connectivity index (χ0v) is 13.5. The molecule has 6 heteroatoms. The van der Waals surface area contributed by atoms with Gasteiger partial charge in [-0.15, -0.1) is 0 Å². The molecule has 2 rings (SSSR count). The van der Waals surface area contributed by atoms with Gasteiger partial charge in [-0.05, 0) is 33.1 Å². The predicted molar refractivity (Wildman–Crippen MR) is 83.3 cm³/mol. The molecule has 1 unspecified atom stereocenters. The molecule has 6 nitrogen and oxygen atoms in total. The standard InChI is InChI=1S/C16H24N4O2/c1-4-11(2)19-15(21)7-8-20(13-5-6-13)16(22)14-10-17-12(3)9-18-14/h9-11,13H,4-8H2,1-3H3,(H,19,21). The summed E-state index contributed by atoms with van der Waals surface area (Å²) in [5.74, 6) is -0.144. The van der Waals surface area contributed by atoms with Crippen LogP contribution in [0, 0.1) is 6.92 Å². The molecule has 0 aromatic carbocycles. The molecular weight excluding hydrogens is 280 g/mol. The molecule has 0 bridgehead atoms. The molecule has 1 aromatic heterocycles. The molecule has 0 radical (unpaired) electrons. The van der Waals surface area contributed by atoms with Crippen LogP contribution in [0.3, 0.4) is 0 Å². The van der Waals surface area contributed by atoms with Crippen molar-refractivity contribution < 1.29 is 9.59 Å². The number of hydrogen-bond acceptors (Lipinski definition) is 4. The number of carbonyl (C=O) groups is 2. The summed E-state index contributed by atoms with van der Waals surface area (Å²) in [4.78, 5) is 34.4. The SMILES string of the molecule is CCC(C)NC(=O)CCN(C(=O)c1cnc(C)cn1)C1CC1. The van der Waals surface area contributed by atoms with Crippen molar-refractivity contribution in [1.29, 1.82) is 0 Å². The van der Waals surface area contributed by atoms with Gasteiger partial charge >= 0.3 is 0 Å². The molecule has 120 valence electrons. The fourth-order valence-corrected chi connectivity index (χ4v) is 2.16. The minimum atomic E-state index is -0.133. The number of nitrogens with zero attached hydrogens (tertiary/aromatic N) is 3. The highest BCUT2D eigenvalue weighted by Gasteiger charge is 2.33. The molecule has 0 saturated heterocycles. The van der Waals surface area contributed by atoms with Gasteiger partial charge in [0.15, 0.2) is 0 Å². The van der Waals surface area contributed by atoms with Crippen molar-refractivity contribution in [3.8, 4) is 0 Å². The summed E-state index contributed by atoms with van der Waals surface area (Å²) < 4.78 is 0. The Morgan fingerprint density at radius 2 is 2.09 bits per heavy atom. The Morgan fingerprint density at radius 1 is 1.36 bits per heavy atom. The number of aryl methyl sites for hydroxylation is 1. The predicted octanol–water partition coefficient (Wildman–Crippen LogP) is 1.69. The van der Waals surface area contributed by atoms with Crippen molar-refractivity contribution in [3.05, 3.63) is 23.8 Å². The summed E-state index contributed by atoms with van der Waals surface area (Å²) in [6.07, 6.45) is 6.32. The third-order valence-electron chi connectivity index (χ3n) is 3.85. The highest BCUT2D eigenvalue weighted by molar-refractivity contribution is 5.92. The quantitative estimate of drug-likeness (QED) is 0.832. The van der Waals surface area contributed by atoms with Gasteiger partial charge in [0, 0.05) is 31.2 Å². The van der Waals surface area contributed by atoms with Crippen LogP contribution in [-0.4, -0.2) is 45.3 Å². The molecule has 1 atom stereocenters. The van der Waals surface area contributed by atoms with Crippen LogP contribution in [0.4, 0.5) is 0 Å². The van der Waals surface area contributed by atoms with E-state index in [1.54, 1.807) is 11.1 Å². The molecule has 1 aromatic rings. The summed E-state index contributed by atoms with van der Waals surface area (Å²) in [6.45, 7) is 6.27. The first-order valence-corrected chi connectivity index (χ1v) is 7.90. The number of amides is 2. The first kappa shape index (κ1) is 16.4. The van der Waals surface area contributed by atoms with Crippen molar-refractivity contribution in [3.63, 3.8) is 0 Å². The highest BCUT2D eigenvalue weighted by atomic mass is 16.2. The Hall–Kier alpha value is -1.98. The molecule has 2 amide bonds. The molecule has 1 N–H and O–H groups in total. The Balaban J connectivity index is 1.94. The summed E-state index contributed by atoms with van der Waals surface area (Å²) >= 11 is 0. The summed E-state index contributed by atoms with van der Waals surface area (Å²) in [6, 6.07) is 0.410. The van der Waals surface area contributed by atoms with Crippen molar-refractivity contribution in [2.45, 2.75) is 58.5 Å². The maximum atomic E-state index is 12.5. The Labute approximate surface area is 131 Å². The van der Waals surface area contributed by atoms with Gasteiger partial charge in [0.05, 0.1) is 11.9 Å². The van der Waals surface area contributed by atoms with Crippen molar-refractivity contribution in [2.24, 2.45) is 0 Å². The molecule has 22 heavy (non-hydrogen) atoms. The van der Waals surface area contributed by atoms with Gasteiger partial charge in [-0.2, -0.15) is 0 Å². The van der Waals surface area contributed by atoms with Crippen molar-refractivity contribution >= 4 is 11.8 Å². The van der Waals surface area contributed by atoms with E-state index in [2.05, 4.69) is 15.3 Å². The van der Waals surface area contributed by atoms with Crippen LogP contribution in [0.25, 0.3) is 0 Å². The van der Waals surface area contributed by atoms with E-state index in [1.165, 1.54) is 6.20 Å². The molecule has 1 heterocycles. The third-order valence-corrected chi connectivity index (χ3v) is 3.85. The van der Waals surface area contributed by atoms with E-state index in [1.807, 2.05) is 20.8 Å². The van der Waals surface area contributed by atoms with Crippen molar-refractivity contribution in [1.82, 2.24) is 20.2 Å². The van der Waals surface area contributed by atoms with E-state index in [4.69, 9.17) is 0 Å². The Morgan fingerprint density at radius 3 is 2.64 bits per heavy atom. The highest BCUT2D eigenvalue weighted by Crippen LogP contribution is 2.28. The van der Waals surface area contributed by atoms with E-state index < -0.39 is 0 Å². The zero-order chi connectivity index (χ0) is 16.1. The van der Waals surface area contributed by atoms with Gasteiger partial charge in [0.1, 0.15) is 5.69 Å². The number of nitrogens with one attached hydrogen (secondary N) is 1. The Bertz CT molecular complexity index is 525. The second-order valence-electron chi connectivity index (χ2n) is 5.90. The monoisotopic (exact) mass is 304 g/mol. The third kappa shape index (κ3) is 4.51. The van der Waals surface area contributed by atoms with Crippen molar-refractivity contribution in [2.75, 3.05) is 6.54 Å². The van der Waals surface area contributed by atoms with E-state index in [-0.39, 0.29) is 23.9 Å². The van der Waals surface area contributed by atoms with E-state index in [0.29, 0.717) is 18.7 Å².